The number of rotatable bonds is 6. The molecule has 0 spiro atoms. The van der Waals surface area contributed by atoms with Crippen molar-refractivity contribution in [1.82, 2.24) is 4.90 Å². The summed E-state index contributed by atoms with van der Waals surface area (Å²) < 4.78 is 0. The molecule has 0 amide bonds. The van der Waals surface area contributed by atoms with E-state index in [0.717, 1.165) is 6.54 Å². The van der Waals surface area contributed by atoms with Crippen molar-refractivity contribution in [2.45, 2.75) is 58.0 Å². The SMILES string of the molecule is CC(C)[C@H]1CN(C2CCCCC2)C(c2ccccc2P(c2ccccc2)c2ccccc2)=N1. The van der Waals surface area contributed by atoms with E-state index in [1.807, 2.05) is 0 Å². The monoisotopic (exact) mass is 454 g/mol. The van der Waals surface area contributed by atoms with Gasteiger partial charge in [-0.05, 0) is 42.6 Å². The first-order chi connectivity index (χ1) is 16.2. The van der Waals surface area contributed by atoms with Crippen LogP contribution in [-0.2, 0) is 0 Å². The Kier molecular flexibility index (Phi) is 6.93. The fourth-order valence-electron chi connectivity index (χ4n) is 5.30. The van der Waals surface area contributed by atoms with Crippen LogP contribution in [-0.4, -0.2) is 29.4 Å². The molecule has 1 fully saturated rings. The Morgan fingerprint density at radius 2 is 1.33 bits per heavy atom. The van der Waals surface area contributed by atoms with E-state index < -0.39 is 7.92 Å². The fourth-order valence-corrected chi connectivity index (χ4v) is 7.74. The van der Waals surface area contributed by atoms with E-state index >= 15 is 0 Å². The van der Waals surface area contributed by atoms with Crippen molar-refractivity contribution >= 4 is 29.7 Å². The highest BCUT2D eigenvalue weighted by molar-refractivity contribution is 7.80. The van der Waals surface area contributed by atoms with Crippen molar-refractivity contribution < 1.29 is 0 Å². The van der Waals surface area contributed by atoms with Crippen molar-refractivity contribution in [2.75, 3.05) is 6.54 Å². The first kappa shape index (κ1) is 22.4. The summed E-state index contributed by atoms with van der Waals surface area (Å²) in [4.78, 5) is 8.08. The van der Waals surface area contributed by atoms with Gasteiger partial charge in [0.05, 0.1) is 6.04 Å². The molecule has 3 aromatic rings. The Hall–Kier alpha value is -2.44. The van der Waals surface area contributed by atoms with Gasteiger partial charge in [-0.15, -0.1) is 0 Å². The van der Waals surface area contributed by atoms with Gasteiger partial charge in [0.15, 0.2) is 0 Å². The van der Waals surface area contributed by atoms with E-state index in [-0.39, 0.29) is 0 Å². The number of nitrogens with zero attached hydrogens (tertiary/aromatic N) is 2. The minimum absolute atomic E-state index is 0.384. The highest BCUT2D eigenvalue weighted by Gasteiger charge is 2.35. The number of benzene rings is 3. The molecule has 3 aromatic carbocycles. The summed E-state index contributed by atoms with van der Waals surface area (Å²) in [6.07, 6.45) is 6.69. The van der Waals surface area contributed by atoms with Crippen molar-refractivity contribution in [3.8, 4) is 0 Å². The van der Waals surface area contributed by atoms with Crippen LogP contribution in [0.2, 0.25) is 0 Å². The van der Waals surface area contributed by atoms with Crippen LogP contribution in [0.3, 0.4) is 0 Å². The second-order valence-electron chi connectivity index (χ2n) is 9.73. The quantitative estimate of drug-likeness (QED) is 0.426. The predicted octanol–water partition coefficient (Wildman–Crippen LogP) is 5.86. The number of hydrogen-bond donors (Lipinski definition) is 0. The van der Waals surface area contributed by atoms with Gasteiger partial charge in [-0.3, -0.25) is 4.99 Å². The van der Waals surface area contributed by atoms with Crippen LogP contribution in [0.15, 0.2) is 89.9 Å². The molecule has 1 atom stereocenters. The molecular formula is C30H35N2P. The third-order valence-electron chi connectivity index (χ3n) is 7.14. The number of hydrogen-bond acceptors (Lipinski definition) is 2. The van der Waals surface area contributed by atoms with E-state index in [9.17, 15) is 0 Å². The molecule has 0 unspecified atom stereocenters. The molecule has 2 aliphatic rings. The van der Waals surface area contributed by atoms with Crippen LogP contribution in [0.4, 0.5) is 0 Å². The fraction of sp³-hybridized carbons (Fsp3) is 0.367. The molecule has 1 aliphatic carbocycles. The average molecular weight is 455 g/mol. The van der Waals surface area contributed by atoms with E-state index in [1.54, 1.807) is 0 Å². The maximum Gasteiger partial charge on any atom is 0.132 e. The van der Waals surface area contributed by atoms with Gasteiger partial charge in [-0.1, -0.05) is 118 Å². The normalized spacial score (nSPS) is 19.3. The lowest BCUT2D eigenvalue weighted by atomic mass is 9.93. The maximum absolute atomic E-state index is 5.40. The molecule has 3 heteroatoms. The molecule has 0 saturated heterocycles. The van der Waals surface area contributed by atoms with Gasteiger partial charge in [0, 0.05) is 18.2 Å². The van der Waals surface area contributed by atoms with Crippen LogP contribution >= 0.6 is 7.92 Å². The van der Waals surface area contributed by atoms with Crippen LogP contribution in [0, 0.1) is 5.92 Å². The van der Waals surface area contributed by atoms with Crippen LogP contribution in [0.5, 0.6) is 0 Å². The summed E-state index contributed by atoms with van der Waals surface area (Å²) in [7, 11) is -0.656. The zero-order valence-corrected chi connectivity index (χ0v) is 20.8. The zero-order valence-electron chi connectivity index (χ0n) is 19.9. The van der Waals surface area contributed by atoms with E-state index in [4.69, 9.17) is 4.99 Å². The van der Waals surface area contributed by atoms with E-state index in [1.165, 1.54) is 59.4 Å². The van der Waals surface area contributed by atoms with Crippen molar-refractivity contribution in [2.24, 2.45) is 10.9 Å². The molecule has 0 N–H and O–H groups in total. The molecule has 1 heterocycles. The van der Waals surface area contributed by atoms with Crippen molar-refractivity contribution in [1.29, 1.82) is 0 Å². The van der Waals surface area contributed by atoms with Crippen LogP contribution < -0.4 is 15.9 Å². The van der Waals surface area contributed by atoms with Gasteiger partial charge in [-0.25, -0.2) is 0 Å². The molecule has 0 bridgehead atoms. The van der Waals surface area contributed by atoms with Gasteiger partial charge in [0.1, 0.15) is 5.84 Å². The summed E-state index contributed by atoms with van der Waals surface area (Å²) in [5, 5.41) is 4.22. The number of aliphatic imine (C=N–C) groups is 1. The predicted molar refractivity (Wildman–Crippen MR) is 144 cm³/mol. The minimum Gasteiger partial charge on any atom is -0.351 e. The number of amidine groups is 1. The molecule has 0 aromatic heterocycles. The smallest absolute Gasteiger partial charge is 0.132 e. The third-order valence-corrected chi connectivity index (χ3v) is 9.64. The summed E-state index contributed by atoms with van der Waals surface area (Å²) in [6.45, 7) is 5.71. The molecular weight excluding hydrogens is 419 g/mol. The highest BCUT2D eigenvalue weighted by atomic mass is 31.1. The third kappa shape index (κ3) is 4.78. The average Bonchev–Trinajstić information content (AvgIpc) is 3.32. The first-order valence-corrected chi connectivity index (χ1v) is 13.9. The minimum atomic E-state index is -0.656. The lowest BCUT2D eigenvalue weighted by Crippen LogP contribution is -2.42. The van der Waals surface area contributed by atoms with Gasteiger partial charge >= 0.3 is 0 Å². The van der Waals surface area contributed by atoms with Gasteiger partial charge in [0.2, 0.25) is 0 Å². The lowest BCUT2D eigenvalue weighted by Gasteiger charge is -2.35. The maximum atomic E-state index is 5.40. The largest absolute Gasteiger partial charge is 0.351 e. The van der Waals surface area contributed by atoms with Gasteiger partial charge in [0.25, 0.3) is 0 Å². The van der Waals surface area contributed by atoms with Crippen molar-refractivity contribution in [3.05, 3.63) is 90.5 Å². The molecule has 0 radical (unpaired) electrons. The second-order valence-corrected chi connectivity index (χ2v) is 11.9. The zero-order chi connectivity index (χ0) is 22.6. The second kappa shape index (κ2) is 10.2. The van der Waals surface area contributed by atoms with E-state index in [0.29, 0.717) is 18.0 Å². The highest BCUT2D eigenvalue weighted by Crippen LogP contribution is 2.36. The summed E-state index contributed by atoms with van der Waals surface area (Å²) in [5.41, 5.74) is 1.34. The van der Waals surface area contributed by atoms with E-state index in [2.05, 4.69) is 104 Å². The Morgan fingerprint density at radius 3 is 1.94 bits per heavy atom. The van der Waals surface area contributed by atoms with Crippen LogP contribution in [0.1, 0.15) is 51.5 Å². The Bertz CT molecular complexity index is 1030. The topological polar surface area (TPSA) is 15.6 Å². The Morgan fingerprint density at radius 1 is 0.758 bits per heavy atom. The Labute approximate surface area is 200 Å². The van der Waals surface area contributed by atoms with Crippen LogP contribution in [0.25, 0.3) is 0 Å². The molecule has 5 rings (SSSR count). The van der Waals surface area contributed by atoms with Crippen molar-refractivity contribution in [3.63, 3.8) is 0 Å². The molecule has 2 nitrogen and oxygen atoms in total. The summed E-state index contributed by atoms with van der Waals surface area (Å²) in [6, 6.07) is 32.2. The molecule has 170 valence electrons. The lowest BCUT2D eigenvalue weighted by molar-refractivity contribution is 0.241. The summed E-state index contributed by atoms with van der Waals surface area (Å²) >= 11 is 0. The first-order valence-electron chi connectivity index (χ1n) is 12.6. The van der Waals surface area contributed by atoms with Gasteiger partial charge in [-0.2, -0.15) is 0 Å². The van der Waals surface area contributed by atoms with Gasteiger partial charge < -0.3 is 4.90 Å². The standard InChI is InChI=1S/C30H35N2P/c1-23(2)28-22-32(24-14-6-3-7-15-24)30(31-28)27-20-12-13-21-29(27)33(25-16-8-4-9-17-25)26-18-10-5-11-19-26/h4-5,8-13,16-21,23-24,28H,3,6-7,14-15,22H2,1-2H3/t28-/m1/s1. The summed E-state index contributed by atoms with van der Waals surface area (Å²) in [5.74, 6) is 1.81. The molecule has 1 aliphatic heterocycles. The molecule has 1 saturated carbocycles. The Balaban J connectivity index is 1.63. The molecule has 33 heavy (non-hydrogen) atoms.